The molecule has 15 heavy (non-hydrogen) atoms. The highest BCUT2D eigenvalue weighted by molar-refractivity contribution is 5.18. The van der Waals surface area contributed by atoms with Crippen LogP contribution in [0.3, 0.4) is 0 Å². The molecule has 1 rings (SSSR count). The molecule has 0 bridgehead atoms. The highest BCUT2D eigenvalue weighted by Crippen LogP contribution is 2.20. The fraction of sp³-hybridized carbons (Fsp3) is 0.636. The fourth-order valence-electron chi connectivity index (χ4n) is 1.15. The van der Waals surface area contributed by atoms with Crippen molar-refractivity contribution in [3.05, 3.63) is 17.6 Å². The molecule has 0 spiro atoms. The van der Waals surface area contributed by atoms with E-state index in [2.05, 4.69) is 9.97 Å². The molecule has 0 saturated heterocycles. The number of hydrogen-bond donors (Lipinski definition) is 1. The molecule has 1 aromatic rings. The van der Waals surface area contributed by atoms with Gasteiger partial charge < -0.3 is 9.84 Å². The molecule has 0 unspecified atom stereocenters. The van der Waals surface area contributed by atoms with Crippen molar-refractivity contribution in [3.8, 4) is 5.88 Å². The molecular weight excluding hydrogens is 192 g/mol. The Hall–Kier alpha value is -1.16. The van der Waals surface area contributed by atoms with Gasteiger partial charge in [-0.15, -0.1) is 0 Å². The van der Waals surface area contributed by atoms with Crippen LogP contribution < -0.4 is 0 Å². The Bertz CT molecular complexity index is 332. The Morgan fingerprint density at radius 2 is 2.00 bits per heavy atom. The second-order valence-corrected chi connectivity index (χ2v) is 4.53. The van der Waals surface area contributed by atoms with Crippen LogP contribution in [0.15, 0.2) is 6.07 Å². The number of hydrogen-bond acceptors (Lipinski definition) is 4. The summed E-state index contributed by atoms with van der Waals surface area (Å²) in [6.07, 6.45) is 0.690. The molecule has 0 aliphatic carbocycles. The first-order valence-corrected chi connectivity index (χ1v) is 5.00. The molecule has 0 amide bonds. The van der Waals surface area contributed by atoms with Gasteiger partial charge in [0.2, 0.25) is 5.88 Å². The standard InChI is InChI=1S/C11H18N2O2/c1-11(2,3)10-12-8(5-6-15-4)7-9(14)13-10/h7H,5-6H2,1-4H3,(H,12,13,14). The third-order valence-electron chi connectivity index (χ3n) is 2.00. The average molecular weight is 210 g/mol. The van der Waals surface area contributed by atoms with Crippen LogP contribution in [-0.4, -0.2) is 28.8 Å². The molecule has 0 radical (unpaired) electrons. The van der Waals surface area contributed by atoms with Crippen LogP contribution in [0.25, 0.3) is 0 Å². The van der Waals surface area contributed by atoms with Gasteiger partial charge in [0, 0.05) is 25.0 Å². The number of ether oxygens (including phenoxy) is 1. The summed E-state index contributed by atoms with van der Waals surface area (Å²) in [6, 6.07) is 1.58. The molecule has 0 aliphatic heterocycles. The molecular formula is C11H18N2O2. The highest BCUT2D eigenvalue weighted by atomic mass is 16.5. The van der Waals surface area contributed by atoms with Crippen LogP contribution in [0.2, 0.25) is 0 Å². The normalized spacial score (nSPS) is 11.7. The Morgan fingerprint density at radius 1 is 1.33 bits per heavy atom. The van der Waals surface area contributed by atoms with Crippen molar-refractivity contribution in [2.45, 2.75) is 32.6 Å². The van der Waals surface area contributed by atoms with E-state index in [4.69, 9.17) is 4.74 Å². The first-order chi connectivity index (χ1) is 6.93. The van der Waals surface area contributed by atoms with Crippen LogP contribution in [0, 0.1) is 0 Å². The predicted molar refractivity (Wildman–Crippen MR) is 58.0 cm³/mol. The largest absolute Gasteiger partial charge is 0.493 e. The molecule has 0 fully saturated rings. The number of aromatic hydroxyl groups is 1. The Kier molecular flexibility index (Phi) is 3.63. The smallest absolute Gasteiger partial charge is 0.214 e. The summed E-state index contributed by atoms with van der Waals surface area (Å²) >= 11 is 0. The van der Waals surface area contributed by atoms with Gasteiger partial charge in [-0.05, 0) is 0 Å². The summed E-state index contributed by atoms with van der Waals surface area (Å²) in [5.41, 5.74) is 0.662. The zero-order valence-corrected chi connectivity index (χ0v) is 9.74. The first kappa shape index (κ1) is 11.9. The van der Waals surface area contributed by atoms with Crippen molar-refractivity contribution in [3.63, 3.8) is 0 Å². The summed E-state index contributed by atoms with van der Waals surface area (Å²) in [4.78, 5) is 8.41. The monoisotopic (exact) mass is 210 g/mol. The van der Waals surface area contributed by atoms with Crippen LogP contribution in [0.4, 0.5) is 0 Å². The third-order valence-corrected chi connectivity index (χ3v) is 2.00. The average Bonchev–Trinajstić information content (AvgIpc) is 2.12. The van der Waals surface area contributed by atoms with Crippen molar-refractivity contribution in [1.29, 1.82) is 0 Å². The topological polar surface area (TPSA) is 55.2 Å². The number of rotatable bonds is 3. The van der Waals surface area contributed by atoms with E-state index in [0.29, 0.717) is 18.9 Å². The molecule has 1 aromatic heterocycles. The van der Waals surface area contributed by atoms with Crippen LogP contribution in [0.1, 0.15) is 32.3 Å². The maximum atomic E-state index is 9.46. The van der Waals surface area contributed by atoms with Crippen molar-refractivity contribution in [2.24, 2.45) is 0 Å². The number of nitrogens with zero attached hydrogens (tertiary/aromatic N) is 2. The summed E-state index contributed by atoms with van der Waals surface area (Å²) in [6.45, 7) is 6.64. The summed E-state index contributed by atoms with van der Waals surface area (Å²) < 4.78 is 4.97. The molecule has 0 aliphatic rings. The van der Waals surface area contributed by atoms with E-state index in [0.717, 1.165) is 5.69 Å². The second kappa shape index (κ2) is 4.57. The van der Waals surface area contributed by atoms with Crippen molar-refractivity contribution in [2.75, 3.05) is 13.7 Å². The van der Waals surface area contributed by atoms with Gasteiger partial charge >= 0.3 is 0 Å². The maximum absolute atomic E-state index is 9.46. The van der Waals surface area contributed by atoms with E-state index >= 15 is 0 Å². The van der Waals surface area contributed by atoms with E-state index in [1.165, 1.54) is 0 Å². The molecule has 4 nitrogen and oxygen atoms in total. The number of methoxy groups -OCH3 is 1. The van der Waals surface area contributed by atoms with E-state index < -0.39 is 0 Å². The first-order valence-electron chi connectivity index (χ1n) is 5.00. The number of aromatic nitrogens is 2. The summed E-state index contributed by atoms with van der Waals surface area (Å²) in [5.74, 6) is 0.689. The van der Waals surface area contributed by atoms with Gasteiger partial charge in [-0.1, -0.05) is 20.8 Å². The van der Waals surface area contributed by atoms with Gasteiger partial charge in [0.1, 0.15) is 5.82 Å². The minimum Gasteiger partial charge on any atom is -0.493 e. The fourth-order valence-corrected chi connectivity index (χ4v) is 1.15. The maximum Gasteiger partial charge on any atom is 0.214 e. The van der Waals surface area contributed by atoms with Gasteiger partial charge in [0.25, 0.3) is 0 Å². The van der Waals surface area contributed by atoms with Crippen molar-refractivity contribution < 1.29 is 9.84 Å². The molecule has 0 atom stereocenters. The molecule has 0 aromatic carbocycles. The van der Waals surface area contributed by atoms with Gasteiger partial charge in [0.05, 0.1) is 12.3 Å². The van der Waals surface area contributed by atoms with Crippen LogP contribution in [-0.2, 0) is 16.6 Å². The van der Waals surface area contributed by atoms with Gasteiger partial charge in [-0.2, -0.15) is 4.98 Å². The lowest BCUT2D eigenvalue weighted by Gasteiger charge is -2.17. The van der Waals surface area contributed by atoms with E-state index in [9.17, 15) is 5.11 Å². The zero-order chi connectivity index (χ0) is 11.5. The van der Waals surface area contributed by atoms with Gasteiger partial charge in [0.15, 0.2) is 0 Å². The lowest BCUT2D eigenvalue weighted by Crippen LogP contribution is -2.17. The molecule has 84 valence electrons. The molecule has 4 heteroatoms. The molecule has 0 saturated carbocycles. The summed E-state index contributed by atoms with van der Waals surface area (Å²) in [7, 11) is 1.64. The van der Waals surface area contributed by atoms with Gasteiger partial charge in [-0.3, -0.25) is 0 Å². The Balaban J connectivity index is 2.95. The van der Waals surface area contributed by atoms with Crippen molar-refractivity contribution >= 4 is 0 Å². The molecule has 1 N–H and O–H groups in total. The lowest BCUT2D eigenvalue weighted by molar-refractivity contribution is 0.201. The lowest BCUT2D eigenvalue weighted by atomic mass is 9.95. The zero-order valence-electron chi connectivity index (χ0n) is 9.74. The Labute approximate surface area is 90.3 Å². The summed E-state index contributed by atoms with van der Waals surface area (Å²) in [5, 5.41) is 9.46. The van der Waals surface area contributed by atoms with E-state index in [1.54, 1.807) is 13.2 Å². The van der Waals surface area contributed by atoms with Crippen LogP contribution in [0.5, 0.6) is 5.88 Å². The minimum absolute atomic E-state index is 0.0287. The van der Waals surface area contributed by atoms with Crippen LogP contribution >= 0.6 is 0 Å². The van der Waals surface area contributed by atoms with Crippen molar-refractivity contribution in [1.82, 2.24) is 9.97 Å². The quantitative estimate of drug-likeness (QED) is 0.824. The van der Waals surface area contributed by atoms with E-state index in [-0.39, 0.29) is 11.3 Å². The SMILES string of the molecule is COCCc1cc(O)nc(C(C)(C)C)n1. The Morgan fingerprint density at radius 3 is 2.53 bits per heavy atom. The third kappa shape index (κ3) is 3.47. The molecule has 1 heterocycles. The van der Waals surface area contributed by atoms with Gasteiger partial charge in [-0.25, -0.2) is 4.98 Å². The predicted octanol–water partition coefficient (Wildman–Crippen LogP) is 1.67. The van der Waals surface area contributed by atoms with E-state index in [1.807, 2.05) is 20.8 Å². The highest BCUT2D eigenvalue weighted by Gasteiger charge is 2.18. The minimum atomic E-state index is -0.152. The second-order valence-electron chi connectivity index (χ2n) is 4.53.